The zero-order chi connectivity index (χ0) is 34.8. The molecule has 3 N–H and O–H groups in total. The largest absolute Gasteiger partial charge is 0.494 e. The Labute approximate surface area is 301 Å². The molecule has 5 heterocycles. The van der Waals surface area contributed by atoms with Crippen molar-refractivity contribution < 1.29 is 9.30 Å². The molecule has 2 aliphatic heterocycles. The number of ether oxygens (including phenoxy) is 1. The van der Waals surface area contributed by atoms with Gasteiger partial charge in [0, 0.05) is 85.7 Å². The number of hydrogen-bond acceptors (Lipinski definition) is 11. The number of pyridine rings is 1. The van der Waals surface area contributed by atoms with Gasteiger partial charge in [-0.25, -0.2) is 4.98 Å². The molecule has 0 unspecified atom stereocenters. The zero-order valence-electron chi connectivity index (χ0n) is 29.0. The number of aromatic nitrogens is 5. The quantitative estimate of drug-likeness (QED) is 0.144. The highest BCUT2D eigenvalue weighted by molar-refractivity contribution is 9.10. The highest BCUT2D eigenvalue weighted by Gasteiger charge is 2.26. The second-order valence-electron chi connectivity index (χ2n) is 13.5. The van der Waals surface area contributed by atoms with E-state index in [9.17, 15) is 4.57 Å². The number of piperidine rings is 1. The van der Waals surface area contributed by atoms with Crippen LogP contribution in [0, 0.1) is 5.92 Å². The van der Waals surface area contributed by atoms with Gasteiger partial charge in [-0.1, -0.05) is 18.2 Å². The lowest BCUT2D eigenvalue weighted by Gasteiger charge is -2.39. The Kier molecular flexibility index (Phi) is 10.1. The van der Waals surface area contributed by atoms with E-state index in [2.05, 4.69) is 68.9 Å². The Bertz CT molecular complexity index is 2040. The van der Waals surface area contributed by atoms with Crippen molar-refractivity contribution in [2.24, 2.45) is 13.0 Å². The van der Waals surface area contributed by atoms with E-state index in [1.54, 1.807) is 32.8 Å². The minimum atomic E-state index is -2.70. The van der Waals surface area contributed by atoms with Crippen LogP contribution in [0.25, 0.3) is 22.0 Å². The number of aryl methyl sites for hydroxylation is 1. The third-order valence-corrected chi connectivity index (χ3v) is 11.7. The topological polar surface area (TPSA) is 125 Å². The van der Waals surface area contributed by atoms with Gasteiger partial charge in [-0.15, -0.1) is 0 Å². The molecule has 0 spiro atoms. The van der Waals surface area contributed by atoms with Crippen molar-refractivity contribution in [1.29, 1.82) is 0 Å². The molecule has 14 heteroatoms. The average molecular weight is 760 g/mol. The predicted octanol–water partition coefficient (Wildman–Crippen LogP) is 6.05. The first-order valence-electron chi connectivity index (χ1n) is 17.0. The van der Waals surface area contributed by atoms with Gasteiger partial charge in [0.25, 0.3) is 0 Å². The van der Waals surface area contributed by atoms with Crippen molar-refractivity contribution in [2.75, 3.05) is 81.8 Å². The van der Waals surface area contributed by atoms with E-state index in [-0.39, 0.29) is 0 Å². The minimum absolute atomic E-state index is 0.372. The number of piperazine rings is 1. The predicted molar refractivity (Wildman–Crippen MR) is 207 cm³/mol. The van der Waals surface area contributed by atoms with E-state index in [1.165, 1.54) is 19.4 Å². The van der Waals surface area contributed by atoms with Crippen molar-refractivity contribution in [3.8, 4) is 16.9 Å². The highest BCUT2D eigenvalue weighted by atomic mass is 79.9. The first-order chi connectivity index (χ1) is 24.2. The van der Waals surface area contributed by atoms with Crippen molar-refractivity contribution in [1.82, 2.24) is 34.9 Å². The molecule has 5 aromatic rings. The molecule has 0 aliphatic carbocycles. The lowest BCUT2D eigenvalue weighted by atomic mass is 9.97. The monoisotopic (exact) mass is 758 g/mol. The standard InChI is InChI=1S/C36H44BrN10O2P/c1-45-23-25(19-41-45)27-17-30(33(49-2)18-32(27)47-15-13-46(14-16-47)22-24-9-11-38-12-10-24)43-36-40-20-28(37)35(44-36)42-31-21-39-29-8-6-5-7-26(29)34(31)50(3,4)48/h5-8,17-21,23-24,38H,9-16,22H2,1-4H3,(H2,40,42,43,44). The number of para-hydroxylation sites is 1. The third-order valence-electron chi connectivity index (χ3n) is 9.55. The number of benzene rings is 2. The molecule has 2 aliphatic rings. The smallest absolute Gasteiger partial charge is 0.229 e. The van der Waals surface area contributed by atoms with E-state index in [4.69, 9.17) is 9.72 Å². The van der Waals surface area contributed by atoms with E-state index >= 15 is 0 Å². The normalized spacial score (nSPS) is 16.1. The van der Waals surface area contributed by atoms with Crippen molar-refractivity contribution in [3.05, 3.63) is 65.7 Å². The number of nitrogens with zero attached hydrogens (tertiary/aromatic N) is 7. The van der Waals surface area contributed by atoms with Crippen LogP contribution in [-0.4, -0.2) is 95.9 Å². The summed E-state index contributed by atoms with van der Waals surface area (Å²) in [6.45, 7) is 10.9. The molecule has 262 valence electrons. The molecule has 12 nitrogen and oxygen atoms in total. The lowest BCUT2D eigenvalue weighted by Crippen LogP contribution is -2.48. The summed E-state index contributed by atoms with van der Waals surface area (Å²) in [6, 6.07) is 12.0. The SMILES string of the molecule is COc1cc(N2CCN(CC3CCNCC3)CC2)c(-c2cnn(C)c2)cc1Nc1ncc(Br)c(Nc2cnc3ccccc3c2P(C)(C)=O)n1. The first-order valence-corrected chi connectivity index (χ1v) is 20.4. The second-order valence-corrected chi connectivity index (χ2v) is 17.5. The van der Waals surface area contributed by atoms with Crippen LogP contribution >= 0.6 is 23.1 Å². The highest BCUT2D eigenvalue weighted by Crippen LogP contribution is 2.43. The summed E-state index contributed by atoms with van der Waals surface area (Å²) in [5.74, 6) is 2.35. The Morgan fingerprint density at radius 1 is 1.00 bits per heavy atom. The van der Waals surface area contributed by atoms with E-state index in [1.807, 2.05) is 48.4 Å². The van der Waals surface area contributed by atoms with Crippen molar-refractivity contribution in [2.45, 2.75) is 12.8 Å². The summed E-state index contributed by atoms with van der Waals surface area (Å²) in [7, 11) is 0.914. The molecule has 0 amide bonds. The third kappa shape index (κ3) is 7.51. The van der Waals surface area contributed by atoms with Crippen LogP contribution in [0.2, 0.25) is 0 Å². The summed E-state index contributed by atoms with van der Waals surface area (Å²) in [5, 5.41) is 16.4. The summed E-state index contributed by atoms with van der Waals surface area (Å²) in [6.07, 6.45) is 9.87. The molecule has 3 aromatic heterocycles. The molecule has 2 fully saturated rings. The molecule has 50 heavy (non-hydrogen) atoms. The van der Waals surface area contributed by atoms with E-state index < -0.39 is 7.14 Å². The number of fused-ring (bicyclic) bond motifs is 1. The molecular formula is C36H44BrN10O2P. The number of nitrogens with one attached hydrogen (secondary N) is 3. The van der Waals surface area contributed by atoms with Gasteiger partial charge in [0.15, 0.2) is 0 Å². The Morgan fingerprint density at radius 2 is 1.78 bits per heavy atom. The maximum Gasteiger partial charge on any atom is 0.229 e. The number of hydrogen-bond donors (Lipinski definition) is 3. The van der Waals surface area contributed by atoms with Crippen LogP contribution in [0.5, 0.6) is 5.75 Å². The van der Waals surface area contributed by atoms with Gasteiger partial charge in [-0.05, 0) is 73.2 Å². The van der Waals surface area contributed by atoms with Gasteiger partial charge in [0.05, 0.1) is 40.9 Å². The Balaban J connectivity index is 1.17. The van der Waals surface area contributed by atoms with Gasteiger partial charge in [0.1, 0.15) is 18.7 Å². The maximum atomic E-state index is 13.5. The molecule has 2 aromatic carbocycles. The molecule has 0 atom stereocenters. The van der Waals surface area contributed by atoms with Crippen molar-refractivity contribution >= 4 is 68.1 Å². The lowest BCUT2D eigenvalue weighted by molar-refractivity contribution is 0.196. The molecule has 0 radical (unpaired) electrons. The zero-order valence-corrected chi connectivity index (χ0v) is 31.5. The summed E-state index contributed by atoms with van der Waals surface area (Å²) in [4.78, 5) is 19.1. The maximum absolute atomic E-state index is 13.5. The van der Waals surface area contributed by atoms with Crippen LogP contribution in [0.3, 0.4) is 0 Å². The fourth-order valence-corrected chi connectivity index (χ4v) is 8.80. The number of halogens is 1. The molecular weight excluding hydrogens is 715 g/mol. The minimum Gasteiger partial charge on any atom is -0.494 e. The van der Waals surface area contributed by atoms with Crippen LogP contribution in [-0.2, 0) is 11.6 Å². The number of methoxy groups -OCH3 is 1. The van der Waals surface area contributed by atoms with Gasteiger partial charge in [-0.2, -0.15) is 10.1 Å². The first kappa shape index (κ1) is 34.4. The van der Waals surface area contributed by atoms with Gasteiger partial charge < -0.3 is 30.2 Å². The van der Waals surface area contributed by atoms with Crippen LogP contribution in [0.1, 0.15) is 12.8 Å². The van der Waals surface area contributed by atoms with E-state index in [0.717, 1.165) is 83.9 Å². The van der Waals surface area contributed by atoms with Gasteiger partial charge >= 0.3 is 0 Å². The summed E-state index contributed by atoms with van der Waals surface area (Å²) in [5.41, 5.74) is 5.34. The van der Waals surface area contributed by atoms with Gasteiger partial charge in [0.2, 0.25) is 5.95 Å². The molecule has 7 rings (SSSR count). The number of anilines is 5. The fraction of sp³-hybridized carbons (Fsp3) is 0.389. The van der Waals surface area contributed by atoms with Crippen LogP contribution < -0.4 is 30.9 Å². The van der Waals surface area contributed by atoms with Crippen LogP contribution in [0.4, 0.5) is 28.8 Å². The fourth-order valence-electron chi connectivity index (χ4n) is 7.05. The van der Waals surface area contributed by atoms with Crippen molar-refractivity contribution in [3.63, 3.8) is 0 Å². The second kappa shape index (κ2) is 14.7. The van der Waals surface area contributed by atoms with Gasteiger partial charge in [-0.3, -0.25) is 14.6 Å². The average Bonchev–Trinajstić information content (AvgIpc) is 3.55. The Hall–Kier alpha value is -4.03. The molecule has 0 saturated carbocycles. The molecule has 2 saturated heterocycles. The molecule has 0 bridgehead atoms. The number of rotatable bonds is 10. The summed E-state index contributed by atoms with van der Waals surface area (Å²) >= 11 is 3.61. The Morgan fingerprint density at radius 3 is 2.50 bits per heavy atom. The van der Waals surface area contributed by atoms with Crippen LogP contribution in [0.15, 0.2) is 65.7 Å². The van der Waals surface area contributed by atoms with E-state index in [0.29, 0.717) is 27.7 Å². The summed E-state index contributed by atoms with van der Waals surface area (Å²) < 4.78 is 22.0.